The number of halogens is 1. The first-order chi connectivity index (χ1) is 15.9. The van der Waals surface area contributed by atoms with Crippen molar-refractivity contribution in [2.24, 2.45) is 5.10 Å². The normalized spacial score (nSPS) is 11.5. The lowest BCUT2D eigenvalue weighted by molar-refractivity contribution is -0.118. The molecule has 0 aliphatic carbocycles. The van der Waals surface area contributed by atoms with Crippen molar-refractivity contribution in [3.05, 3.63) is 100 Å². The van der Waals surface area contributed by atoms with E-state index in [1.165, 1.54) is 12.1 Å². The van der Waals surface area contributed by atoms with Crippen LogP contribution in [0.2, 0.25) is 0 Å². The fourth-order valence-corrected chi connectivity index (χ4v) is 4.10. The molecule has 0 saturated carbocycles. The van der Waals surface area contributed by atoms with E-state index in [1.54, 1.807) is 41.8 Å². The number of hydrogen-bond donors (Lipinski definition) is 1. The van der Waals surface area contributed by atoms with E-state index in [9.17, 15) is 14.0 Å². The predicted octanol–water partition coefficient (Wildman–Crippen LogP) is 4.47. The van der Waals surface area contributed by atoms with Crippen LogP contribution in [0.3, 0.4) is 0 Å². The summed E-state index contributed by atoms with van der Waals surface area (Å²) in [5.41, 5.74) is 5.77. The van der Waals surface area contributed by atoms with Gasteiger partial charge in [0.2, 0.25) is 0 Å². The first kappa shape index (κ1) is 22.4. The van der Waals surface area contributed by atoms with Gasteiger partial charge in [-0.3, -0.25) is 14.2 Å². The zero-order valence-electron chi connectivity index (χ0n) is 18.1. The lowest BCUT2D eigenvalue weighted by Crippen LogP contribution is -2.25. The van der Waals surface area contributed by atoms with Gasteiger partial charge in [0, 0.05) is 0 Å². The summed E-state index contributed by atoms with van der Waals surface area (Å²) in [5.74, 6) is -0.675. The molecule has 0 aliphatic rings. The van der Waals surface area contributed by atoms with Gasteiger partial charge in [0.25, 0.3) is 11.5 Å². The van der Waals surface area contributed by atoms with Crippen LogP contribution < -0.4 is 11.0 Å². The summed E-state index contributed by atoms with van der Waals surface area (Å²) in [4.78, 5) is 30.4. The highest BCUT2D eigenvalue weighted by Crippen LogP contribution is 2.23. The van der Waals surface area contributed by atoms with Gasteiger partial charge in [-0.2, -0.15) is 5.10 Å². The van der Waals surface area contributed by atoms with Crippen LogP contribution in [-0.4, -0.2) is 26.9 Å². The average Bonchev–Trinajstić information content (AvgIpc) is 2.82. The molecule has 1 N–H and O–H groups in total. The Kier molecular flexibility index (Phi) is 6.65. The van der Waals surface area contributed by atoms with E-state index in [0.717, 1.165) is 17.3 Å². The second-order valence-corrected chi connectivity index (χ2v) is 8.31. The van der Waals surface area contributed by atoms with Crippen LogP contribution >= 0.6 is 11.8 Å². The number of aromatic nitrogens is 2. The van der Waals surface area contributed by atoms with Crippen molar-refractivity contribution < 1.29 is 9.18 Å². The minimum atomic E-state index is -0.347. The molecular formula is C25H21FN4O2S. The first-order valence-electron chi connectivity index (χ1n) is 10.2. The molecule has 33 heavy (non-hydrogen) atoms. The summed E-state index contributed by atoms with van der Waals surface area (Å²) in [6, 6.07) is 20.5. The smallest absolute Gasteiger partial charge is 0.266 e. The average molecular weight is 461 g/mol. The topological polar surface area (TPSA) is 76.3 Å². The number of benzene rings is 3. The van der Waals surface area contributed by atoms with Crippen molar-refractivity contribution in [2.75, 3.05) is 5.75 Å². The van der Waals surface area contributed by atoms with E-state index >= 15 is 0 Å². The molecule has 1 heterocycles. The SMILES string of the molecule is C/C(=N\NC(=O)CSc1nc2ccccc2c(=O)n1-c1ccccc1C)c1ccc(F)cc1. The maximum atomic E-state index is 13.3. The Morgan fingerprint density at radius 2 is 1.76 bits per heavy atom. The third kappa shape index (κ3) is 5.01. The number of carbonyl (C=O) groups excluding carboxylic acids is 1. The van der Waals surface area contributed by atoms with Gasteiger partial charge in [-0.05, 0) is 55.3 Å². The number of hydrazone groups is 1. The van der Waals surface area contributed by atoms with Crippen molar-refractivity contribution in [3.63, 3.8) is 0 Å². The van der Waals surface area contributed by atoms with Crippen LogP contribution in [0.4, 0.5) is 4.39 Å². The Labute approximate surface area is 194 Å². The Bertz CT molecular complexity index is 1410. The molecule has 0 saturated heterocycles. The predicted molar refractivity (Wildman–Crippen MR) is 130 cm³/mol. The van der Waals surface area contributed by atoms with Crippen LogP contribution in [-0.2, 0) is 4.79 Å². The third-order valence-corrected chi connectivity index (χ3v) is 5.98. The summed E-state index contributed by atoms with van der Waals surface area (Å²) in [5, 5.41) is 5.02. The first-order valence-corrected chi connectivity index (χ1v) is 11.2. The summed E-state index contributed by atoms with van der Waals surface area (Å²) in [6.07, 6.45) is 0. The van der Waals surface area contributed by atoms with Gasteiger partial charge >= 0.3 is 0 Å². The number of nitrogens with one attached hydrogen (secondary N) is 1. The minimum Gasteiger partial charge on any atom is -0.272 e. The van der Waals surface area contributed by atoms with Crippen molar-refractivity contribution in [3.8, 4) is 5.69 Å². The van der Waals surface area contributed by atoms with E-state index in [-0.39, 0.29) is 23.0 Å². The number of carbonyl (C=O) groups is 1. The van der Waals surface area contributed by atoms with E-state index in [2.05, 4.69) is 15.5 Å². The largest absolute Gasteiger partial charge is 0.272 e. The number of hydrogen-bond acceptors (Lipinski definition) is 5. The molecular weight excluding hydrogens is 439 g/mol. The van der Waals surface area contributed by atoms with Gasteiger partial charge in [0.05, 0.1) is 28.1 Å². The zero-order valence-corrected chi connectivity index (χ0v) is 18.9. The van der Waals surface area contributed by atoms with Crippen molar-refractivity contribution in [2.45, 2.75) is 19.0 Å². The van der Waals surface area contributed by atoms with Crippen molar-refractivity contribution >= 4 is 34.3 Å². The minimum absolute atomic E-state index is 0.0108. The highest BCUT2D eigenvalue weighted by atomic mass is 32.2. The van der Waals surface area contributed by atoms with Crippen molar-refractivity contribution in [1.29, 1.82) is 0 Å². The van der Waals surface area contributed by atoms with E-state index < -0.39 is 0 Å². The number of fused-ring (bicyclic) bond motifs is 1. The molecule has 166 valence electrons. The molecule has 1 amide bonds. The third-order valence-electron chi connectivity index (χ3n) is 5.04. The quantitative estimate of drug-likeness (QED) is 0.199. The lowest BCUT2D eigenvalue weighted by atomic mass is 10.1. The molecule has 0 unspecified atom stereocenters. The number of rotatable bonds is 6. The summed E-state index contributed by atoms with van der Waals surface area (Å²) in [6.45, 7) is 3.65. The molecule has 0 aliphatic heterocycles. The van der Waals surface area contributed by atoms with Gasteiger partial charge in [-0.15, -0.1) is 0 Å². The molecule has 0 bridgehead atoms. The maximum Gasteiger partial charge on any atom is 0.266 e. The van der Waals surface area contributed by atoms with Gasteiger partial charge in [0.1, 0.15) is 5.82 Å². The Morgan fingerprint density at radius 3 is 2.52 bits per heavy atom. The van der Waals surface area contributed by atoms with Crippen LogP contribution in [0.15, 0.2) is 87.8 Å². The van der Waals surface area contributed by atoms with Crippen LogP contribution in [0, 0.1) is 12.7 Å². The second-order valence-electron chi connectivity index (χ2n) is 7.37. The number of amides is 1. The molecule has 0 spiro atoms. The molecule has 0 atom stereocenters. The van der Waals surface area contributed by atoms with E-state index in [0.29, 0.717) is 33.0 Å². The Morgan fingerprint density at radius 1 is 1.06 bits per heavy atom. The van der Waals surface area contributed by atoms with Gasteiger partial charge in [0.15, 0.2) is 5.16 Å². The second kappa shape index (κ2) is 9.79. The number of thioether (sulfide) groups is 1. The molecule has 0 radical (unpaired) electrons. The zero-order chi connectivity index (χ0) is 23.4. The van der Waals surface area contributed by atoms with E-state index in [1.807, 2.05) is 37.3 Å². The summed E-state index contributed by atoms with van der Waals surface area (Å²) in [7, 11) is 0. The lowest BCUT2D eigenvalue weighted by Gasteiger charge is -2.14. The molecule has 4 aromatic rings. The fraction of sp³-hybridized carbons (Fsp3) is 0.120. The van der Waals surface area contributed by atoms with Gasteiger partial charge < -0.3 is 0 Å². The molecule has 1 aromatic heterocycles. The summed E-state index contributed by atoms with van der Waals surface area (Å²) < 4.78 is 14.6. The Balaban J connectivity index is 1.59. The monoisotopic (exact) mass is 460 g/mol. The van der Waals surface area contributed by atoms with Crippen molar-refractivity contribution in [1.82, 2.24) is 15.0 Å². The van der Waals surface area contributed by atoms with E-state index in [4.69, 9.17) is 0 Å². The van der Waals surface area contributed by atoms with Crippen LogP contribution in [0.1, 0.15) is 18.1 Å². The summed E-state index contributed by atoms with van der Waals surface area (Å²) >= 11 is 1.16. The molecule has 3 aromatic carbocycles. The van der Waals surface area contributed by atoms with Crippen LogP contribution in [0.5, 0.6) is 0 Å². The number of para-hydroxylation sites is 2. The molecule has 8 heteroatoms. The van der Waals surface area contributed by atoms with Gasteiger partial charge in [-0.25, -0.2) is 14.8 Å². The number of aryl methyl sites for hydroxylation is 1. The molecule has 4 rings (SSSR count). The Hall–Kier alpha value is -3.78. The highest BCUT2D eigenvalue weighted by molar-refractivity contribution is 7.99. The molecule has 0 fully saturated rings. The van der Waals surface area contributed by atoms with Crippen LogP contribution in [0.25, 0.3) is 16.6 Å². The number of nitrogens with zero attached hydrogens (tertiary/aromatic N) is 3. The highest BCUT2D eigenvalue weighted by Gasteiger charge is 2.16. The standard InChI is InChI=1S/C25H21FN4O2S/c1-16-7-3-6-10-22(16)30-24(32)20-8-4-5-9-21(20)27-25(30)33-15-23(31)29-28-17(2)18-11-13-19(26)14-12-18/h3-14H,15H2,1-2H3,(H,29,31)/b28-17+. The van der Waals surface area contributed by atoms with Gasteiger partial charge in [-0.1, -0.05) is 54.2 Å². The maximum absolute atomic E-state index is 13.3. The molecule has 6 nitrogen and oxygen atoms in total. The fourth-order valence-electron chi connectivity index (χ4n) is 3.30.